The number of pyridine rings is 1. The van der Waals surface area contributed by atoms with Crippen molar-refractivity contribution in [2.24, 2.45) is 0 Å². The fourth-order valence-electron chi connectivity index (χ4n) is 3.41. The Morgan fingerprint density at radius 3 is 2.53 bits per heavy atom. The van der Waals surface area contributed by atoms with E-state index in [2.05, 4.69) is 6.92 Å². The maximum absolute atomic E-state index is 11.7. The van der Waals surface area contributed by atoms with Crippen LogP contribution in [0, 0.1) is 0 Å². The molecule has 0 aliphatic carbocycles. The quantitative estimate of drug-likeness (QED) is 0.506. The summed E-state index contributed by atoms with van der Waals surface area (Å²) >= 11 is 0. The van der Waals surface area contributed by atoms with Gasteiger partial charge in [-0.05, 0) is 42.3 Å². The van der Waals surface area contributed by atoms with Crippen LogP contribution in [0.3, 0.4) is 0 Å². The van der Waals surface area contributed by atoms with Crippen LogP contribution in [0.5, 0.6) is 5.75 Å². The second-order valence-electron chi connectivity index (χ2n) is 7.15. The Bertz CT molecular complexity index is 1310. The van der Waals surface area contributed by atoms with Crippen LogP contribution in [-0.4, -0.2) is 24.1 Å². The van der Waals surface area contributed by atoms with Crippen LogP contribution in [0.15, 0.2) is 71.8 Å². The van der Waals surface area contributed by atoms with E-state index in [-0.39, 0.29) is 4.90 Å². The third-order valence-electron chi connectivity index (χ3n) is 4.95. The number of fused-ring (bicyclic) bond motifs is 1. The summed E-state index contributed by atoms with van der Waals surface area (Å²) in [6, 6.07) is 18.4. The molecule has 0 saturated heterocycles. The van der Waals surface area contributed by atoms with Gasteiger partial charge in [0.1, 0.15) is 12.4 Å². The molecule has 154 valence electrons. The maximum Gasteiger partial charge on any atom is 0.175 e. The summed E-state index contributed by atoms with van der Waals surface area (Å²) < 4.78 is 31.2. The molecule has 30 heavy (non-hydrogen) atoms. The summed E-state index contributed by atoms with van der Waals surface area (Å²) in [7, 11) is -3.26. The summed E-state index contributed by atoms with van der Waals surface area (Å²) in [5.41, 5.74) is 11.6. The van der Waals surface area contributed by atoms with E-state index in [1.54, 1.807) is 24.3 Å². The zero-order valence-corrected chi connectivity index (χ0v) is 17.7. The Balaban J connectivity index is 1.57. The van der Waals surface area contributed by atoms with Crippen LogP contribution in [0.4, 0.5) is 5.69 Å². The Morgan fingerprint density at radius 2 is 1.83 bits per heavy atom. The number of ether oxygens (including phenoxy) is 1. The molecule has 0 amide bonds. The van der Waals surface area contributed by atoms with Gasteiger partial charge in [0.05, 0.1) is 22.0 Å². The Hall–Kier alpha value is -3.32. The molecule has 4 aromatic rings. The van der Waals surface area contributed by atoms with E-state index in [1.807, 2.05) is 47.0 Å². The van der Waals surface area contributed by atoms with E-state index in [4.69, 9.17) is 15.5 Å². The van der Waals surface area contributed by atoms with Crippen molar-refractivity contribution in [3.05, 3.63) is 78.1 Å². The standard InChI is InChI=1S/C23H23N3O3S/c1-3-21-22(26-13-5-8-20(24)23(26)25-21)17-11-9-16(10-12-17)15-29-18-6-4-7-19(14-18)30(2,27)28/h4-14H,3,15,24H2,1-2H3. The van der Waals surface area contributed by atoms with Gasteiger partial charge in [-0.25, -0.2) is 13.4 Å². The number of aromatic nitrogens is 2. The lowest BCUT2D eigenvalue weighted by molar-refractivity contribution is 0.305. The number of rotatable bonds is 6. The van der Waals surface area contributed by atoms with Gasteiger partial charge in [0.15, 0.2) is 15.5 Å². The smallest absolute Gasteiger partial charge is 0.175 e. The normalized spacial score (nSPS) is 11.7. The molecule has 2 aromatic heterocycles. The van der Waals surface area contributed by atoms with E-state index in [1.165, 1.54) is 6.26 Å². The lowest BCUT2D eigenvalue weighted by Gasteiger charge is -2.09. The average Bonchev–Trinajstić information content (AvgIpc) is 3.12. The highest BCUT2D eigenvalue weighted by Gasteiger charge is 2.14. The number of hydrogen-bond acceptors (Lipinski definition) is 5. The molecule has 2 heterocycles. The zero-order chi connectivity index (χ0) is 21.3. The molecule has 0 spiro atoms. The third kappa shape index (κ3) is 3.89. The van der Waals surface area contributed by atoms with Crippen LogP contribution in [0.25, 0.3) is 16.9 Å². The molecule has 0 atom stereocenters. The molecule has 0 aliphatic rings. The highest BCUT2D eigenvalue weighted by Crippen LogP contribution is 2.28. The van der Waals surface area contributed by atoms with Gasteiger partial charge in [-0.1, -0.05) is 37.3 Å². The molecule has 0 saturated carbocycles. The first kappa shape index (κ1) is 20.0. The first-order valence-electron chi connectivity index (χ1n) is 9.64. The van der Waals surface area contributed by atoms with Crippen molar-refractivity contribution in [3.63, 3.8) is 0 Å². The lowest BCUT2D eigenvalue weighted by atomic mass is 10.1. The zero-order valence-electron chi connectivity index (χ0n) is 16.9. The minimum Gasteiger partial charge on any atom is -0.489 e. The van der Waals surface area contributed by atoms with Crippen LogP contribution < -0.4 is 10.5 Å². The fourth-order valence-corrected chi connectivity index (χ4v) is 4.06. The number of sulfone groups is 1. The predicted molar refractivity (Wildman–Crippen MR) is 118 cm³/mol. The molecular formula is C23H23N3O3S. The minimum absolute atomic E-state index is 0.245. The van der Waals surface area contributed by atoms with Gasteiger partial charge in [-0.15, -0.1) is 0 Å². The number of nitrogens with zero attached hydrogens (tertiary/aromatic N) is 2. The Morgan fingerprint density at radius 1 is 1.07 bits per heavy atom. The van der Waals surface area contributed by atoms with Gasteiger partial charge in [-0.2, -0.15) is 0 Å². The van der Waals surface area contributed by atoms with Crippen molar-refractivity contribution in [2.45, 2.75) is 24.8 Å². The lowest BCUT2D eigenvalue weighted by Crippen LogP contribution is -1.99. The summed E-state index contributed by atoms with van der Waals surface area (Å²) in [6.07, 6.45) is 3.96. The van der Waals surface area contributed by atoms with Crippen molar-refractivity contribution in [1.82, 2.24) is 9.38 Å². The minimum atomic E-state index is -3.26. The third-order valence-corrected chi connectivity index (χ3v) is 6.06. The van der Waals surface area contributed by atoms with Crippen molar-refractivity contribution in [2.75, 3.05) is 12.0 Å². The van der Waals surface area contributed by atoms with Crippen LogP contribution in [0.1, 0.15) is 18.2 Å². The van der Waals surface area contributed by atoms with Crippen molar-refractivity contribution < 1.29 is 13.2 Å². The van der Waals surface area contributed by atoms with Gasteiger partial charge in [0, 0.05) is 18.0 Å². The summed E-state index contributed by atoms with van der Waals surface area (Å²) in [6.45, 7) is 2.42. The van der Waals surface area contributed by atoms with Crippen LogP contribution in [0.2, 0.25) is 0 Å². The van der Waals surface area contributed by atoms with Crippen molar-refractivity contribution in [1.29, 1.82) is 0 Å². The molecular weight excluding hydrogens is 398 g/mol. The fraction of sp³-hybridized carbons (Fsp3) is 0.174. The predicted octanol–water partition coefficient (Wildman–Crippen LogP) is 4.13. The largest absolute Gasteiger partial charge is 0.489 e. The molecule has 0 fully saturated rings. The van der Waals surface area contributed by atoms with Crippen LogP contribution in [-0.2, 0) is 22.9 Å². The van der Waals surface area contributed by atoms with E-state index in [0.717, 1.165) is 34.6 Å². The summed E-state index contributed by atoms with van der Waals surface area (Å²) in [4.78, 5) is 4.94. The number of nitrogen functional groups attached to an aromatic ring is 1. The number of hydrogen-bond donors (Lipinski definition) is 1. The highest BCUT2D eigenvalue weighted by atomic mass is 32.2. The van der Waals surface area contributed by atoms with E-state index in [9.17, 15) is 8.42 Å². The first-order valence-corrected chi connectivity index (χ1v) is 11.5. The average molecular weight is 422 g/mol. The molecule has 0 aliphatic heterocycles. The molecule has 0 unspecified atom stereocenters. The molecule has 2 aromatic carbocycles. The van der Waals surface area contributed by atoms with Crippen molar-refractivity contribution in [3.8, 4) is 17.0 Å². The molecule has 4 rings (SSSR count). The second kappa shape index (κ2) is 7.84. The van der Waals surface area contributed by atoms with Gasteiger partial charge < -0.3 is 10.5 Å². The molecule has 0 bridgehead atoms. The number of nitrogens with two attached hydrogens (primary N) is 1. The Kier molecular flexibility index (Phi) is 5.22. The molecule has 2 N–H and O–H groups in total. The topological polar surface area (TPSA) is 86.7 Å². The van der Waals surface area contributed by atoms with Crippen molar-refractivity contribution >= 4 is 21.2 Å². The molecule has 0 radical (unpaired) electrons. The van der Waals surface area contributed by atoms with Crippen LogP contribution >= 0.6 is 0 Å². The van der Waals surface area contributed by atoms with Gasteiger partial charge in [0.2, 0.25) is 0 Å². The van der Waals surface area contributed by atoms with E-state index < -0.39 is 9.84 Å². The van der Waals surface area contributed by atoms with Gasteiger partial charge >= 0.3 is 0 Å². The number of aryl methyl sites for hydroxylation is 1. The van der Waals surface area contributed by atoms with Gasteiger partial charge in [-0.3, -0.25) is 4.40 Å². The number of benzene rings is 2. The SMILES string of the molecule is CCc1nc2c(N)cccn2c1-c1ccc(COc2cccc(S(C)(=O)=O)c2)cc1. The van der Waals surface area contributed by atoms with Gasteiger partial charge in [0.25, 0.3) is 0 Å². The summed E-state index contributed by atoms with van der Waals surface area (Å²) in [5.74, 6) is 0.521. The molecule has 6 nitrogen and oxygen atoms in total. The number of anilines is 1. The summed E-state index contributed by atoms with van der Waals surface area (Å²) in [5, 5.41) is 0. The first-order chi connectivity index (χ1) is 14.4. The molecule has 7 heteroatoms. The second-order valence-corrected chi connectivity index (χ2v) is 9.17. The van der Waals surface area contributed by atoms with E-state index >= 15 is 0 Å². The number of imidazole rings is 1. The monoisotopic (exact) mass is 421 g/mol. The maximum atomic E-state index is 11.7. The van der Waals surface area contributed by atoms with E-state index in [0.29, 0.717) is 18.0 Å². The Labute approximate surface area is 175 Å². The highest BCUT2D eigenvalue weighted by molar-refractivity contribution is 7.90.